The van der Waals surface area contributed by atoms with E-state index >= 15 is 0 Å². The molecule has 0 atom stereocenters. The molecule has 132 valence electrons. The van der Waals surface area contributed by atoms with E-state index in [-0.39, 0.29) is 0 Å². The third-order valence-corrected chi connectivity index (χ3v) is 4.18. The van der Waals surface area contributed by atoms with Crippen molar-refractivity contribution in [3.8, 4) is 28.6 Å². The van der Waals surface area contributed by atoms with Gasteiger partial charge in [-0.25, -0.2) is 9.50 Å². The Hall–Kier alpha value is -3.66. The number of alkyl halides is 3. The van der Waals surface area contributed by atoms with Gasteiger partial charge in [-0.15, -0.1) is 0 Å². The van der Waals surface area contributed by atoms with Crippen molar-refractivity contribution in [2.75, 3.05) is 0 Å². The maximum atomic E-state index is 12.7. The topological polar surface area (TPSA) is 54.0 Å². The minimum atomic E-state index is -4.37. The summed E-state index contributed by atoms with van der Waals surface area (Å²) in [6.07, 6.45) is -2.71. The van der Waals surface area contributed by atoms with Crippen molar-refractivity contribution in [2.24, 2.45) is 0 Å². The molecule has 0 aliphatic heterocycles. The van der Waals surface area contributed by atoms with Crippen molar-refractivity contribution in [3.05, 3.63) is 78.0 Å². The Labute approximate surface area is 152 Å². The van der Waals surface area contributed by atoms with Crippen molar-refractivity contribution in [2.45, 2.75) is 6.18 Å². The average molecular weight is 364 g/mol. The first-order valence-electron chi connectivity index (χ1n) is 7.99. The molecule has 0 aliphatic carbocycles. The average Bonchev–Trinajstić information content (AvgIpc) is 3.10. The minimum Gasteiger partial charge on any atom is -0.235 e. The van der Waals surface area contributed by atoms with E-state index in [0.717, 1.165) is 23.4 Å². The summed E-state index contributed by atoms with van der Waals surface area (Å²) in [6, 6.07) is 17.4. The van der Waals surface area contributed by atoms with E-state index in [1.165, 1.54) is 12.1 Å². The van der Waals surface area contributed by atoms with Gasteiger partial charge in [0, 0.05) is 11.1 Å². The van der Waals surface area contributed by atoms with Crippen LogP contribution in [-0.4, -0.2) is 14.6 Å². The number of imidazole rings is 1. The van der Waals surface area contributed by atoms with Crippen LogP contribution >= 0.6 is 0 Å². The lowest BCUT2D eigenvalue weighted by Gasteiger charge is -2.08. The third kappa shape index (κ3) is 3.13. The predicted molar refractivity (Wildman–Crippen MR) is 93.6 cm³/mol. The molecule has 0 saturated carbocycles. The minimum absolute atomic E-state index is 0.532. The number of benzene rings is 2. The normalized spacial score (nSPS) is 11.5. The van der Waals surface area contributed by atoms with Crippen LogP contribution in [0.25, 0.3) is 28.2 Å². The van der Waals surface area contributed by atoms with Crippen LogP contribution in [0.4, 0.5) is 13.2 Å². The maximum absolute atomic E-state index is 12.7. The number of rotatable bonds is 2. The van der Waals surface area contributed by atoms with Gasteiger partial charge in [0.25, 0.3) is 0 Å². The van der Waals surface area contributed by atoms with Crippen LogP contribution in [-0.2, 0) is 6.18 Å². The molecular formula is C20H11F3N4. The summed E-state index contributed by atoms with van der Waals surface area (Å²) in [5.74, 6) is 0. The molecular weight excluding hydrogens is 353 g/mol. The van der Waals surface area contributed by atoms with Gasteiger partial charge >= 0.3 is 6.18 Å². The largest absolute Gasteiger partial charge is 0.416 e. The standard InChI is InChI=1S/C20H11F3N4/c21-20(22,23)16-7-5-14(6-8-16)17-9-10-19-25-12-18(27(19)26-17)15-3-1-13(11-24)2-4-15/h1-10,12H. The van der Waals surface area contributed by atoms with Crippen LogP contribution in [0.2, 0.25) is 0 Å². The Morgan fingerprint density at radius 2 is 1.52 bits per heavy atom. The number of hydrogen-bond donors (Lipinski definition) is 0. The van der Waals surface area contributed by atoms with Crippen molar-refractivity contribution in [3.63, 3.8) is 0 Å². The summed E-state index contributed by atoms with van der Waals surface area (Å²) < 4.78 is 39.8. The lowest BCUT2D eigenvalue weighted by molar-refractivity contribution is -0.137. The SMILES string of the molecule is N#Cc1ccc(-c2cnc3ccc(-c4ccc(C(F)(F)F)cc4)nn23)cc1. The van der Waals surface area contributed by atoms with Gasteiger partial charge < -0.3 is 0 Å². The highest BCUT2D eigenvalue weighted by Gasteiger charge is 2.30. The second-order valence-electron chi connectivity index (χ2n) is 5.90. The summed E-state index contributed by atoms with van der Waals surface area (Å²) >= 11 is 0. The number of aromatic nitrogens is 3. The van der Waals surface area contributed by atoms with Crippen LogP contribution < -0.4 is 0 Å². The molecule has 0 bridgehead atoms. The Morgan fingerprint density at radius 1 is 0.852 bits per heavy atom. The molecule has 4 nitrogen and oxygen atoms in total. The van der Waals surface area contributed by atoms with Crippen LogP contribution in [0.5, 0.6) is 0 Å². The molecule has 4 rings (SSSR count). The Kier molecular flexibility index (Phi) is 3.89. The van der Waals surface area contributed by atoms with Gasteiger partial charge in [0.1, 0.15) is 0 Å². The molecule has 0 saturated heterocycles. The molecule has 0 fully saturated rings. The summed E-state index contributed by atoms with van der Waals surface area (Å²) in [7, 11) is 0. The van der Waals surface area contributed by atoms with E-state index in [0.29, 0.717) is 22.5 Å². The van der Waals surface area contributed by atoms with E-state index in [2.05, 4.69) is 16.2 Å². The fourth-order valence-electron chi connectivity index (χ4n) is 2.77. The smallest absolute Gasteiger partial charge is 0.235 e. The molecule has 0 aliphatic rings. The lowest BCUT2D eigenvalue weighted by atomic mass is 10.1. The fourth-order valence-corrected chi connectivity index (χ4v) is 2.77. The molecule has 0 N–H and O–H groups in total. The Morgan fingerprint density at radius 3 is 2.15 bits per heavy atom. The number of fused-ring (bicyclic) bond motifs is 1. The van der Waals surface area contributed by atoms with Gasteiger partial charge in [-0.2, -0.15) is 23.5 Å². The summed E-state index contributed by atoms with van der Waals surface area (Å²) in [5, 5.41) is 13.4. The number of nitriles is 1. The molecule has 0 amide bonds. The van der Waals surface area contributed by atoms with Gasteiger partial charge in [-0.05, 0) is 36.4 Å². The molecule has 0 unspecified atom stereocenters. The molecule has 0 spiro atoms. The lowest BCUT2D eigenvalue weighted by Crippen LogP contribution is -2.04. The first kappa shape index (κ1) is 16.8. The second kappa shape index (κ2) is 6.25. The fraction of sp³-hybridized carbons (Fsp3) is 0.0500. The number of halogens is 3. The number of nitrogens with zero attached hydrogens (tertiary/aromatic N) is 4. The predicted octanol–water partition coefficient (Wildman–Crippen LogP) is 4.95. The van der Waals surface area contributed by atoms with Gasteiger partial charge in [-0.1, -0.05) is 24.3 Å². The van der Waals surface area contributed by atoms with E-state index < -0.39 is 11.7 Å². The van der Waals surface area contributed by atoms with Gasteiger partial charge in [0.15, 0.2) is 5.65 Å². The molecule has 4 aromatic rings. The summed E-state index contributed by atoms with van der Waals surface area (Å²) in [4.78, 5) is 4.31. The molecule has 0 radical (unpaired) electrons. The van der Waals surface area contributed by atoms with Crippen LogP contribution in [0.1, 0.15) is 11.1 Å². The van der Waals surface area contributed by atoms with E-state index in [1.807, 2.05) is 0 Å². The van der Waals surface area contributed by atoms with E-state index in [4.69, 9.17) is 5.26 Å². The molecule has 27 heavy (non-hydrogen) atoms. The zero-order valence-electron chi connectivity index (χ0n) is 13.8. The maximum Gasteiger partial charge on any atom is 0.416 e. The highest BCUT2D eigenvalue weighted by Crippen LogP contribution is 2.31. The van der Waals surface area contributed by atoms with Crippen molar-refractivity contribution in [1.82, 2.24) is 14.6 Å². The van der Waals surface area contributed by atoms with Crippen LogP contribution in [0.3, 0.4) is 0 Å². The first-order valence-corrected chi connectivity index (χ1v) is 7.99. The van der Waals surface area contributed by atoms with Crippen LogP contribution in [0, 0.1) is 11.3 Å². The second-order valence-corrected chi connectivity index (χ2v) is 5.90. The van der Waals surface area contributed by atoms with Crippen LogP contribution in [0.15, 0.2) is 66.9 Å². The Bertz CT molecular complexity index is 1150. The summed E-state index contributed by atoms with van der Waals surface area (Å²) in [6.45, 7) is 0. The van der Waals surface area contributed by atoms with Crippen molar-refractivity contribution in [1.29, 1.82) is 5.26 Å². The highest BCUT2D eigenvalue weighted by molar-refractivity contribution is 5.66. The van der Waals surface area contributed by atoms with Gasteiger partial charge in [0.2, 0.25) is 0 Å². The zero-order valence-corrected chi connectivity index (χ0v) is 13.8. The van der Waals surface area contributed by atoms with Crippen molar-refractivity contribution >= 4 is 5.65 Å². The molecule has 2 aromatic carbocycles. The third-order valence-electron chi connectivity index (χ3n) is 4.18. The molecule has 7 heteroatoms. The molecule has 2 aromatic heterocycles. The van der Waals surface area contributed by atoms with Crippen molar-refractivity contribution < 1.29 is 13.2 Å². The van der Waals surface area contributed by atoms with E-state index in [1.54, 1.807) is 47.1 Å². The zero-order chi connectivity index (χ0) is 19.0. The van der Waals surface area contributed by atoms with E-state index in [9.17, 15) is 13.2 Å². The summed E-state index contributed by atoms with van der Waals surface area (Å²) in [5.41, 5.74) is 3.12. The molecule has 2 heterocycles. The van der Waals surface area contributed by atoms with Gasteiger partial charge in [0.05, 0.1) is 34.8 Å². The quantitative estimate of drug-likeness (QED) is 0.505. The Balaban J connectivity index is 1.76. The first-order chi connectivity index (χ1) is 13.0. The van der Waals surface area contributed by atoms with Gasteiger partial charge in [-0.3, -0.25) is 0 Å². The highest BCUT2D eigenvalue weighted by atomic mass is 19.4. The number of hydrogen-bond acceptors (Lipinski definition) is 3. The monoisotopic (exact) mass is 364 g/mol.